The zero-order chi connectivity index (χ0) is 97.2. The molecule has 8 aromatic carbocycles. The molecule has 0 aliphatic rings. The summed E-state index contributed by atoms with van der Waals surface area (Å²) in [4.78, 5) is 39.3. The summed E-state index contributed by atoms with van der Waals surface area (Å²) in [6.45, 7) is 23.9. The third-order valence-corrected chi connectivity index (χ3v) is 24.9. The van der Waals surface area contributed by atoms with Gasteiger partial charge in [0.25, 0.3) is 0 Å². The number of hydrogen-bond acceptors (Lipinski definition) is 13. The number of aromatic nitrogens is 12. The average molecular weight is 2380 g/mol. The summed E-state index contributed by atoms with van der Waals surface area (Å²) in [5, 5.41) is 39.6. The maximum Gasteiger partial charge on any atom is 3.00 e. The molecule has 0 aliphatic carbocycles. The van der Waals surface area contributed by atoms with E-state index in [4.69, 9.17) is 40.1 Å². The summed E-state index contributed by atoms with van der Waals surface area (Å²) in [6, 6.07) is 131. The van der Waals surface area contributed by atoms with E-state index >= 15 is 8.78 Å². The van der Waals surface area contributed by atoms with Crippen molar-refractivity contribution in [3.8, 4) is 29.6 Å². The van der Waals surface area contributed by atoms with Crippen LogP contribution in [0.1, 0.15) is 213 Å². The SMILES string of the molecule is CC(C)(c1cccc(-c2cc(C#N)n[n-]2)n1)c1cccc(C(C)(c2[c-]cccc2)c2[c-]cccc2)n1.CC(C)(c1cccc(C(C)(C)c2[c-]cc(F)c(C#N)c2F)n1)c1cccc(C(C)(c2[c-]cccc2)c2[c-]cccc2)n1.CC(C)(c1cccc(C(C)(C)c2[c-]cc(F)c(C#N)c2F)n1)c1cccc(C(c2[c-]cccc2)(c2[c-]cccc2)c2ccccn2)n1.Cn1cccn1.[Ir+3].[Ir+3].[Ir+3].c1ccncc1. The van der Waals surface area contributed by atoms with Gasteiger partial charge in [-0.1, -0.05) is 81.9 Å². The molecule has 0 N–H and O–H groups in total. The topological polar surface area (TPSA) is 219 Å². The summed E-state index contributed by atoms with van der Waals surface area (Å²) in [5.74, 6) is -3.73. The summed E-state index contributed by atoms with van der Waals surface area (Å²) < 4.78 is 60.5. The first-order valence-electron chi connectivity index (χ1n) is 44.4. The number of halogens is 4. The normalized spacial score (nSPS) is 11.4. The van der Waals surface area contributed by atoms with Crippen molar-refractivity contribution in [2.45, 2.75) is 126 Å². The molecule has 10 aromatic heterocycles. The van der Waals surface area contributed by atoms with Gasteiger partial charge >= 0.3 is 60.3 Å². The van der Waals surface area contributed by atoms with Crippen molar-refractivity contribution in [3.05, 3.63) is 548 Å². The maximum atomic E-state index is 15.3. The number of nitriles is 3. The Balaban J connectivity index is 0.000000188. The molecule has 18 aromatic rings. The van der Waals surface area contributed by atoms with Gasteiger partial charge in [-0.3, -0.25) is 62.1 Å². The second kappa shape index (κ2) is 46.3. The van der Waals surface area contributed by atoms with E-state index in [1.165, 1.54) is 0 Å². The first-order chi connectivity index (χ1) is 65.9. The van der Waals surface area contributed by atoms with Gasteiger partial charge in [-0.05, 0) is 165 Å². The smallest absolute Gasteiger partial charge is 0.573 e. The van der Waals surface area contributed by atoms with Gasteiger partial charge in [-0.2, -0.15) is 215 Å². The third-order valence-electron chi connectivity index (χ3n) is 24.9. The Morgan fingerprint density at radius 1 is 0.314 bits per heavy atom. The van der Waals surface area contributed by atoms with E-state index in [-0.39, 0.29) is 77.1 Å². The van der Waals surface area contributed by atoms with Crippen LogP contribution in [0, 0.1) is 106 Å². The third kappa shape index (κ3) is 22.4. The Morgan fingerprint density at radius 3 is 0.936 bits per heavy atom. The Labute approximate surface area is 857 Å². The van der Waals surface area contributed by atoms with E-state index in [9.17, 15) is 19.3 Å². The van der Waals surface area contributed by atoms with Crippen molar-refractivity contribution in [3.63, 3.8) is 0 Å². The molecule has 0 aliphatic heterocycles. The van der Waals surface area contributed by atoms with E-state index in [1.54, 1.807) is 87.5 Å². The van der Waals surface area contributed by atoms with Crippen molar-refractivity contribution in [1.29, 1.82) is 15.8 Å². The summed E-state index contributed by atoms with van der Waals surface area (Å²) in [7, 11) is 1.89. The standard InChI is InChI=1S/C41H31F2N4.C37H30F2N3.C31H24N5.C5H5N.C4H6N2.3Ir/c1-39(2,31-24-25-32(42)30(27-44)38(31)43)33-20-13-21-34(46-33)40(3,4)35-22-14-23-37(47-35)41(28-15-7-5-8-16-28,29-17-9-6-10-18-29)36-19-11-12-26-45-36;1-35(2,28-22-23-29(38)27(24-40)34(28)39)30-18-12-19-31(41-30)36(3,4)32-20-13-21-33(42-32)37(5,25-14-8-6-9-15-25)26-16-10-7-11-17-26;1-30(2,27-17-10-16-25(33-27)26-20-24(21-32)35-36-26)28-18-11-19-29(34-28)31(3,22-12-6-4-7-13-22)23-14-8-5-9-15-23;1-2-4-6-5-3-1;1-6-4-2-3-5-6;;;/h5-15,17,19-23,25-26H,1-4H3;6-14,16,18-21,23H,1-5H3;4-12,14,16-20H,1-3H3;1-5H;2-4H,1H3;;;/q3*-3;;;3*+3. The Bertz CT molecular complexity index is 7070. The summed E-state index contributed by atoms with van der Waals surface area (Å²) in [6.07, 6.45) is 8.92. The second-order valence-corrected chi connectivity index (χ2v) is 35.5. The van der Waals surface area contributed by atoms with E-state index in [2.05, 4.69) is 147 Å². The van der Waals surface area contributed by atoms with Crippen LogP contribution in [-0.2, 0) is 111 Å². The molecule has 22 heteroatoms. The largest absolute Gasteiger partial charge is 3.00 e. The molecule has 0 bridgehead atoms. The predicted molar refractivity (Wildman–Crippen MR) is 521 cm³/mol. The predicted octanol–water partition coefficient (Wildman–Crippen LogP) is 23.6. The fraction of sp³-hybridized carbons (Fsp3) is 0.178. The average Bonchev–Trinajstić information content (AvgIpc) is 0.822. The number of nitrogens with zero attached hydrogens (tertiary/aromatic N) is 15. The minimum Gasteiger partial charge on any atom is -0.573 e. The number of pyridine rings is 8. The zero-order valence-electron chi connectivity index (χ0n) is 79.1. The van der Waals surface area contributed by atoms with Gasteiger partial charge < -0.3 is 10.2 Å². The van der Waals surface area contributed by atoms with Crippen molar-refractivity contribution < 1.29 is 77.9 Å². The Kier molecular flexibility index (Phi) is 35.1. The Hall–Kier alpha value is -14.5. The minimum atomic E-state index is -1.02. The van der Waals surface area contributed by atoms with Crippen molar-refractivity contribution in [1.82, 2.24) is 59.8 Å². The number of hydrogen-bond donors (Lipinski definition) is 0. The van der Waals surface area contributed by atoms with Crippen LogP contribution in [-0.4, -0.2) is 54.8 Å². The molecule has 10 heterocycles. The van der Waals surface area contributed by atoms with Crippen molar-refractivity contribution in [2.24, 2.45) is 7.05 Å². The molecule has 140 heavy (non-hydrogen) atoms. The maximum absolute atomic E-state index is 15.3. The zero-order valence-corrected chi connectivity index (χ0v) is 86.3. The van der Waals surface area contributed by atoms with E-state index < -0.39 is 77.7 Å². The second-order valence-electron chi connectivity index (χ2n) is 35.5. The number of rotatable bonds is 21. The van der Waals surface area contributed by atoms with E-state index in [0.717, 1.165) is 96.8 Å². The van der Waals surface area contributed by atoms with Gasteiger partial charge in [0.05, 0.1) is 74.5 Å². The van der Waals surface area contributed by atoms with Crippen LogP contribution in [0.3, 0.4) is 0 Å². The van der Waals surface area contributed by atoms with Crippen LogP contribution in [0.4, 0.5) is 17.6 Å². The number of aryl methyl sites for hydroxylation is 1. The molecular weight excluding hydrogens is 2280 g/mol. The fourth-order valence-corrected chi connectivity index (χ4v) is 16.5. The van der Waals surface area contributed by atoms with Gasteiger partial charge in [0, 0.05) is 127 Å². The van der Waals surface area contributed by atoms with Gasteiger partial charge in [0.2, 0.25) is 0 Å². The monoisotopic (exact) mass is 2380 g/mol. The molecule has 0 atom stereocenters. The molecule has 15 nitrogen and oxygen atoms in total. The van der Waals surface area contributed by atoms with Gasteiger partial charge in [-0.25, -0.2) is 0 Å². The molecule has 0 unspecified atom stereocenters. The molecule has 0 saturated carbocycles. The molecule has 18 rings (SSSR count). The molecule has 0 spiro atoms. The Morgan fingerprint density at radius 2 is 0.636 bits per heavy atom. The van der Waals surface area contributed by atoms with Crippen molar-refractivity contribution in [2.75, 3.05) is 0 Å². The number of benzene rings is 8. The van der Waals surface area contributed by atoms with Gasteiger partial charge in [-0.15, -0.1) is 56.6 Å². The van der Waals surface area contributed by atoms with Gasteiger partial charge in [0.1, 0.15) is 11.8 Å². The molecular formula is C118H96F4Ir3N15. The van der Waals surface area contributed by atoms with Crippen LogP contribution in [0.15, 0.2) is 346 Å². The fourth-order valence-electron chi connectivity index (χ4n) is 16.5. The molecule has 0 amide bonds. The molecule has 0 radical (unpaired) electrons. The van der Waals surface area contributed by atoms with Gasteiger partial charge in [0.15, 0.2) is 0 Å². The summed E-state index contributed by atoms with van der Waals surface area (Å²) >= 11 is 0. The van der Waals surface area contributed by atoms with Crippen LogP contribution in [0.2, 0.25) is 0 Å². The van der Waals surface area contributed by atoms with Crippen LogP contribution in [0.25, 0.3) is 11.4 Å². The van der Waals surface area contributed by atoms with Crippen LogP contribution >= 0.6 is 0 Å². The van der Waals surface area contributed by atoms with Crippen molar-refractivity contribution >= 4 is 0 Å². The first-order valence-corrected chi connectivity index (χ1v) is 44.4. The molecule has 0 fully saturated rings. The van der Waals surface area contributed by atoms with Crippen LogP contribution < -0.4 is 5.10 Å². The van der Waals surface area contributed by atoms with E-state index in [0.29, 0.717) is 28.5 Å². The first kappa shape index (κ1) is 106. The minimum absolute atomic E-state index is 0. The molecule has 0 saturated heterocycles. The summed E-state index contributed by atoms with van der Waals surface area (Å²) in [5.41, 5.74) is 9.42. The van der Waals surface area contributed by atoms with E-state index in [1.807, 2.05) is 282 Å². The van der Waals surface area contributed by atoms with Crippen LogP contribution in [0.5, 0.6) is 0 Å². The molecule has 698 valence electrons. The quantitative estimate of drug-likeness (QED) is 0.0483.